The first-order chi connectivity index (χ1) is 13.4. The van der Waals surface area contributed by atoms with E-state index >= 15 is 0 Å². The number of aromatic nitrogens is 3. The Hall–Kier alpha value is -3.42. The van der Waals surface area contributed by atoms with Crippen molar-refractivity contribution in [3.8, 4) is 5.75 Å². The molecule has 8 nitrogen and oxygen atoms in total. The van der Waals surface area contributed by atoms with Crippen LogP contribution in [0.2, 0.25) is 0 Å². The van der Waals surface area contributed by atoms with Gasteiger partial charge in [-0.1, -0.05) is 0 Å². The van der Waals surface area contributed by atoms with Crippen molar-refractivity contribution in [3.63, 3.8) is 0 Å². The molecule has 1 amide bonds. The zero-order valence-corrected chi connectivity index (χ0v) is 15.8. The highest BCUT2D eigenvalue weighted by Gasteiger charge is 2.12. The lowest BCUT2D eigenvalue weighted by Gasteiger charge is -2.09. The Balaban J connectivity index is 1.61. The number of benzene rings is 1. The van der Waals surface area contributed by atoms with Gasteiger partial charge in [-0.2, -0.15) is 5.10 Å². The molecule has 2 heterocycles. The van der Waals surface area contributed by atoms with E-state index in [-0.39, 0.29) is 18.4 Å². The summed E-state index contributed by atoms with van der Waals surface area (Å²) in [5.74, 6) is -0.486. The molecule has 3 aromatic rings. The maximum atomic E-state index is 12.5. The van der Waals surface area contributed by atoms with Crippen LogP contribution in [0.5, 0.6) is 5.75 Å². The average molecular weight is 382 g/mol. The summed E-state index contributed by atoms with van der Waals surface area (Å²) in [4.78, 5) is 27.3. The number of rotatable bonds is 8. The number of carboxylic acids is 1. The molecule has 2 aromatic heterocycles. The fourth-order valence-electron chi connectivity index (χ4n) is 2.69. The molecule has 0 bridgehead atoms. The zero-order chi connectivity index (χ0) is 20.1. The summed E-state index contributed by atoms with van der Waals surface area (Å²) in [6.45, 7) is 4.37. The summed E-state index contributed by atoms with van der Waals surface area (Å²) >= 11 is 0. The molecule has 0 aliphatic heterocycles. The van der Waals surface area contributed by atoms with E-state index in [0.29, 0.717) is 30.0 Å². The first-order valence-corrected chi connectivity index (χ1v) is 9.03. The minimum atomic E-state index is -0.842. The van der Waals surface area contributed by atoms with E-state index in [1.807, 2.05) is 18.5 Å². The highest BCUT2D eigenvalue weighted by molar-refractivity contribution is 6.05. The number of aliphatic carboxylic acids is 1. The fourth-order valence-corrected chi connectivity index (χ4v) is 2.69. The summed E-state index contributed by atoms with van der Waals surface area (Å²) in [5, 5.41) is 16.5. The standard InChI is InChI=1S/C20H22N4O4/c1-13(2)24-19-14(12-22-24)10-15(11-21-19)20(27)23-16-5-7-17(8-6-16)28-9-3-4-18(25)26/h5-8,10-13H,3-4,9H2,1-2H3,(H,23,27)(H,25,26). The molecule has 0 aliphatic carbocycles. The highest BCUT2D eigenvalue weighted by Crippen LogP contribution is 2.19. The Bertz CT molecular complexity index is 980. The van der Waals surface area contributed by atoms with Crippen molar-refractivity contribution in [1.29, 1.82) is 0 Å². The second kappa shape index (κ2) is 8.51. The maximum Gasteiger partial charge on any atom is 0.303 e. The van der Waals surface area contributed by atoms with Gasteiger partial charge in [0.1, 0.15) is 5.75 Å². The monoisotopic (exact) mass is 382 g/mol. The third kappa shape index (κ3) is 4.64. The van der Waals surface area contributed by atoms with Gasteiger partial charge in [0, 0.05) is 29.7 Å². The Morgan fingerprint density at radius 3 is 2.64 bits per heavy atom. The minimum absolute atomic E-state index is 0.0720. The summed E-state index contributed by atoms with van der Waals surface area (Å²) in [7, 11) is 0. The van der Waals surface area contributed by atoms with Crippen LogP contribution in [-0.4, -0.2) is 38.4 Å². The summed E-state index contributed by atoms with van der Waals surface area (Å²) in [5.41, 5.74) is 1.82. The van der Waals surface area contributed by atoms with Gasteiger partial charge in [-0.25, -0.2) is 9.67 Å². The van der Waals surface area contributed by atoms with Crippen molar-refractivity contribution in [2.45, 2.75) is 32.7 Å². The normalized spacial score (nSPS) is 11.0. The molecule has 0 saturated carbocycles. The van der Waals surface area contributed by atoms with E-state index in [2.05, 4.69) is 15.4 Å². The molecule has 0 atom stereocenters. The number of carbonyl (C=O) groups is 2. The molecule has 0 aliphatic rings. The van der Waals surface area contributed by atoms with Crippen LogP contribution in [0.15, 0.2) is 42.7 Å². The number of pyridine rings is 1. The van der Waals surface area contributed by atoms with Crippen LogP contribution >= 0.6 is 0 Å². The molecule has 0 radical (unpaired) electrons. The van der Waals surface area contributed by atoms with E-state index in [1.165, 1.54) is 6.20 Å². The Labute approximate surface area is 162 Å². The number of nitrogens with one attached hydrogen (secondary N) is 1. The van der Waals surface area contributed by atoms with Crippen LogP contribution in [0.25, 0.3) is 11.0 Å². The molecule has 2 N–H and O–H groups in total. The summed E-state index contributed by atoms with van der Waals surface area (Å²) in [6, 6.07) is 8.87. The number of carboxylic acid groups (broad SMARTS) is 1. The molecule has 0 unspecified atom stereocenters. The summed E-state index contributed by atoms with van der Waals surface area (Å²) < 4.78 is 7.29. The fraction of sp³-hybridized carbons (Fsp3) is 0.300. The van der Waals surface area contributed by atoms with Crippen molar-refractivity contribution in [3.05, 3.63) is 48.3 Å². The quantitative estimate of drug-likeness (QED) is 0.578. The number of hydrogen-bond acceptors (Lipinski definition) is 5. The van der Waals surface area contributed by atoms with Crippen LogP contribution in [-0.2, 0) is 4.79 Å². The molecule has 8 heteroatoms. The zero-order valence-electron chi connectivity index (χ0n) is 15.8. The second-order valence-electron chi connectivity index (χ2n) is 6.64. The van der Waals surface area contributed by atoms with E-state index in [1.54, 1.807) is 36.5 Å². The van der Waals surface area contributed by atoms with Gasteiger partial charge in [0.25, 0.3) is 5.91 Å². The first-order valence-electron chi connectivity index (χ1n) is 9.03. The van der Waals surface area contributed by atoms with Crippen LogP contribution in [0, 0.1) is 0 Å². The number of amides is 1. The minimum Gasteiger partial charge on any atom is -0.494 e. The van der Waals surface area contributed by atoms with Crippen LogP contribution < -0.4 is 10.1 Å². The van der Waals surface area contributed by atoms with Gasteiger partial charge >= 0.3 is 5.97 Å². The molecular formula is C20H22N4O4. The van der Waals surface area contributed by atoms with E-state index in [0.717, 1.165) is 11.0 Å². The highest BCUT2D eigenvalue weighted by atomic mass is 16.5. The molecule has 0 fully saturated rings. The van der Waals surface area contributed by atoms with Crippen molar-refractivity contribution < 1.29 is 19.4 Å². The van der Waals surface area contributed by atoms with Crippen molar-refractivity contribution >= 4 is 28.6 Å². The Morgan fingerprint density at radius 1 is 1.21 bits per heavy atom. The molecule has 0 saturated heterocycles. The van der Waals surface area contributed by atoms with Crippen molar-refractivity contribution in [2.75, 3.05) is 11.9 Å². The topological polar surface area (TPSA) is 106 Å². The third-order valence-corrected chi connectivity index (χ3v) is 4.10. The van der Waals surface area contributed by atoms with Crippen molar-refractivity contribution in [2.24, 2.45) is 0 Å². The first kappa shape index (κ1) is 19.3. The maximum absolute atomic E-state index is 12.5. The third-order valence-electron chi connectivity index (χ3n) is 4.10. The Kier molecular flexibility index (Phi) is 5.88. The van der Waals surface area contributed by atoms with Gasteiger partial charge < -0.3 is 15.2 Å². The smallest absolute Gasteiger partial charge is 0.303 e. The van der Waals surface area contributed by atoms with Crippen LogP contribution in [0.4, 0.5) is 5.69 Å². The average Bonchev–Trinajstić information content (AvgIpc) is 3.10. The lowest BCUT2D eigenvalue weighted by molar-refractivity contribution is -0.137. The van der Waals surface area contributed by atoms with E-state index in [9.17, 15) is 9.59 Å². The lowest BCUT2D eigenvalue weighted by atomic mass is 10.2. The van der Waals surface area contributed by atoms with E-state index < -0.39 is 5.97 Å². The van der Waals surface area contributed by atoms with Gasteiger partial charge in [0.05, 0.1) is 18.4 Å². The van der Waals surface area contributed by atoms with Gasteiger partial charge in [0.2, 0.25) is 0 Å². The van der Waals surface area contributed by atoms with Crippen LogP contribution in [0.3, 0.4) is 0 Å². The number of ether oxygens (including phenoxy) is 1. The molecule has 3 rings (SSSR count). The summed E-state index contributed by atoms with van der Waals surface area (Å²) in [6.07, 6.45) is 3.76. The predicted molar refractivity (Wildman–Crippen MR) is 105 cm³/mol. The molecule has 1 aromatic carbocycles. The van der Waals surface area contributed by atoms with Gasteiger partial charge in [-0.3, -0.25) is 9.59 Å². The molecule has 0 spiro atoms. The van der Waals surface area contributed by atoms with Crippen molar-refractivity contribution in [1.82, 2.24) is 14.8 Å². The van der Waals surface area contributed by atoms with Gasteiger partial charge in [-0.05, 0) is 50.6 Å². The Morgan fingerprint density at radius 2 is 1.96 bits per heavy atom. The lowest BCUT2D eigenvalue weighted by Crippen LogP contribution is -2.12. The van der Waals surface area contributed by atoms with Gasteiger partial charge in [0.15, 0.2) is 5.65 Å². The second-order valence-corrected chi connectivity index (χ2v) is 6.64. The number of fused-ring (bicyclic) bond motifs is 1. The number of carbonyl (C=O) groups excluding carboxylic acids is 1. The molecular weight excluding hydrogens is 360 g/mol. The van der Waals surface area contributed by atoms with Crippen LogP contribution in [0.1, 0.15) is 43.1 Å². The largest absolute Gasteiger partial charge is 0.494 e. The molecule has 28 heavy (non-hydrogen) atoms. The van der Waals surface area contributed by atoms with E-state index in [4.69, 9.17) is 9.84 Å². The SMILES string of the molecule is CC(C)n1ncc2cc(C(=O)Nc3ccc(OCCCC(=O)O)cc3)cnc21. The molecule has 146 valence electrons. The number of anilines is 1. The number of nitrogens with zero attached hydrogens (tertiary/aromatic N) is 3. The number of hydrogen-bond donors (Lipinski definition) is 2. The predicted octanol–water partition coefficient (Wildman–Crippen LogP) is 3.51. The van der Waals surface area contributed by atoms with Gasteiger partial charge in [-0.15, -0.1) is 0 Å².